The Balaban J connectivity index is 3.42. The first-order valence-electron chi connectivity index (χ1n) is 3.57. The summed E-state index contributed by atoms with van der Waals surface area (Å²) in [7, 11) is 0. The van der Waals surface area contributed by atoms with Crippen molar-refractivity contribution in [1.29, 1.82) is 0 Å². The summed E-state index contributed by atoms with van der Waals surface area (Å²) in [5.41, 5.74) is -2.36. The van der Waals surface area contributed by atoms with Crippen molar-refractivity contribution >= 4 is 31.9 Å². The maximum absolute atomic E-state index is 12.4. The van der Waals surface area contributed by atoms with E-state index in [2.05, 4.69) is 31.9 Å². The maximum atomic E-state index is 12.4. The fourth-order valence-corrected chi connectivity index (χ4v) is 1.69. The summed E-state index contributed by atoms with van der Waals surface area (Å²) < 4.78 is 62.0. The molecule has 0 nitrogen and oxygen atoms in total. The van der Waals surface area contributed by atoms with E-state index in [0.29, 0.717) is 6.07 Å². The lowest BCUT2D eigenvalue weighted by atomic mass is 10.1. The van der Waals surface area contributed by atoms with Crippen LogP contribution in [0.2, 0.25) is 0 Å². The molecule has 0 bridgehead atoms. The molecule has 1 rings (SSSR count). The number of benzene rings is 1. The van der Waals surface area contributed by atoms with Crippen LogP contribution >= 0.6 is 31.9 Å². The quantitative estimate of drug-likeness (QED) is 0.611. The number of rotatable bonds is 1. The van der Waals surface area contributed by atoms with Crippen LogP contribution in [0.4, 0.5) is 22.0 Å². The molecule has 7 heteroatoms. The van der Waals surface area contributed by atoms with Gasteiger partial charge in [0.2, 0.25) is 0 Å². The van der Waals surface area contributed by atoms with E-state index >= 15 is 0 Å². The van der Waals surface area contributed by atoms with Gasteiger partial charge in [-0.05, 0) is 44.0 Å². The van der Waals surface area contributed by atoms with Crippen LogP contribution in [0.1, 0.15) is 17.6 Å². The molecule has 0 N–H and O–H groups in total. The van der Waals surface area contributed by atoms with Crippen LogP contribution in [-0.4, -0.2) is 0 Å². The van der Waals surface area contributed by atoms with Crippen molar-refractivity contribution in [2.75, 3.05) is 0 Å². The van der Waals surface area contributed by atoms with Gasteiger partial charge in [0, 0.05) is 14.5 Å². The van der Waals surface area contributed by atoms with Crippen molar-refractivity contribution in [2.45, 2.75) is 12.6 Å². The molecule has 0 unspecified atom stereocenters. The highest BCUT2D eigenvalue weighted by molar-refractivity contribution is 9.13. The maximum Gasteiger partial charge on any atom is 0.416 e. The topological polar surface area (TPSA) is 0 Å². The van der Waals surface area contributed by atoms with Gasteiger partial charge in [0.15, 0.2) is 0 Å². The molecule has 1 aromatic carbocycles. The predicted molar refractivity (Wildman–Crippen MR) is 51.8 cm³/mol. The fourth-order valence-electron chi connectivity index (χ4n) is 0.988. The van der Waals surface area contributed by atoms with Gasteiger partial charge in [-0.2, -0.15) is 13.2 Å². The van der Waals surface area contributed by atoms with Gasteiger partial charge in [0.1, 0.15) is 0 Å². The molecule has 0 heterocycles. The minimum absolute atomic E-state index is 0.0826. The van der Waals surface area contributed by atoms with Crippen LogP contribution in [0.15, 0.2) is 21.1 Å². The van der Waals surface area contributed by atoms with E-state index in [9.17, 15) is 22.0 Å². The highest BCUT2D eigenvalue weighted by Gasteiger charge is 2.36. The average Bonchev–Trinajstić information content (AvgIpc) is 2.06. The molecule has 0 amide bonds. The third-order valence-corrected chi connectivity index (χ3v) is 3.48. The summed E-state index contributed by atoms with van der Waals surface area (Å²) in [6.07, 6.45) is -7.94. The zero-order chi connectivity index (χ0) is 11.8. The van der Waals surface area contributed by atoms with Crippen LogP contribution < -0.4 is 0 Å². The standard InChI is InChI=1S/C8H3Br2F5/c9-5-1-3(7(11)12)4(2-6(5)10)8(13,14)15/h1-2,7H. The number of hydrogen-bond acceptors (Lipinski definition) is 0. The molecule has 1 aromatic rings. The molecule has 0 spiro atoms. The average molecular weight is 354 g/mol. The van der Waals surface area contributed by atoms with E-state index in [1.807, 2.05) is 0 Å². The number of halogens is 7. The largest absolute Gasteiger partial charge is 0.416 e. The normalized spacial score (nSPS) is 12.3. The van der Waals surface area contributed by atoms with Gasteiger partial charge in [-0.3, -0.25) is 0 Å². The van der Waals surface area contributed by atoms with Crippen molar-refractivity contribution in [3.8, 4) is 0 Å². The summed E-state index contributed by atoms with van der Waals surface area (Å²) >= 11 is 5.70. The van der Waals surface area contributed by atoms with E-state index in [1.54, 1.807) is 0 Å². The molecular formula is C8H3Br2F5. The molecule has 0 atom stereocenters. The van der Waals surface area contributed by atoms with Crippen LogP contribution in [0.25, 0.3) is 0 Å². The van der Waals surface area contributed by atoms with Crippen molar-refractivity contribution in [2.24, 2.45) is 0 Å². The van der Waals surface area contributed by atoms with Crippen molar-refractivity contribution < 1.29 is 22.0 Å². The summed E-state index contributed by atoms with van der Waals surface area (Å²) in [5.74, 6) is 0. The summed E-state index contributed by atoms with van der Waals surface area (Å²) in [6, 6.07) is 1.39. The lowest BCUT2D eigenvalue weighted by Gasteiger charge is -2.13. The first kappa shape index (κ1) is 12.9. The Morgan fingerprint density at radius 1 is 1.00 bits per heavy atom. The van der Waals surface area contributed by atoms with Gasteiger partial charge in [-0.15, -0.1) is 0 Å². The van der Waals surface area contributed by atoms with Crippen molar-refractivity contribution in [3.63, 3.8) is 0 Å². The molecule has 0 saturated carbocycles. The summed E-state index contributed by atoms with van der Waals surface area (Å²) in [6.45, 7) is 0. The van der Waals surface area contributed by atoms with Crippen LogP contribution in [0, 0.1) is 0 Å². The van der Waals surface area contributed by atoms with E-state index < -0.39 is 23.7 Å². The molecule has 0 aliphatic rings. The fraction of sp³-hybridized carbons (Fsp3) is 0.250. The predicted octanol–water partition coefficient (Wildman–Crippen LogP) is 5.17. The third-order valence-electron chi connectivity index (χ3n) is 1.63. The second-order valence-corrected chi connectivity index (χ2v) is 4.36. The molecular weight excluding hydrogens is 351 g/mol. The van der Waals surface area contributed by atoms with Gasteiger partial charge in [-0.25, -0.2) is 8.78 Å². The van der Waals surface area contributed by atoms with Crippen molar-refractivity contribution in [1.82, 2.24) is 0 Å². The van der Waals surface area contributed by atoms with Gasteiger partial charge >= 0.3 is 6.18 Å². The third kappa shape index (κ3) is 2.90. The van der Waals surface area contributed by atoms with E-state index in [4.69, 9.17) is 0 Å². The Hall–Kier alpha value is -0.170. The Kier molecular flexibility index (Phi) is 3.76. The zero-order valence-corrected chi connectivity index (χ0v) is 10.0. The smallest absolute Gasteiger partial charge is 0.205 e. The van der Waals surface area contributed by atoms with E-state index in [-0.39, 0.29) is 8.95 Å². The lowest BCUT2D eigenvalue weighted by Crippen LogP contribution is -2.09. The molecule has 0 radical (unpaired) electrons. The first-order valence-corrected chi connectivity index (χ1v) is 5.16. The minimum atomic E-state index is -4.78. The summed E-state index contributed by atoms with van der Waals surface area (Å²) in [4.78, 5) is 0. The molecule has 0 aliphatic carbocycles. The molecule has 84 valence electrons. The minimum Gasteiger partial charge on any atom is -0.205 e. The van der Waals surface area contributed by atoms with Gasteiger partial charge in [0.05, 0.1) is 5.56 Å². The Morgan fingerprint density at radius 2 is 1.47 bits per heavy atom. The molecule has 15 heavy (non-hydrogen) atoms. The molecule has 0 fully saturated rings. The van der Waals surface area contributed by atoms with Gasteiger partial charge in [-0.1, -0.05) is 0 Å². The highest BCUT2D eigenvalue weighted by Crippen LogP contribution is 2.40. The lowest BCUT2D eigenvalue weighted by molar-refractivity contribution is -0.139. The first-order chi connectivity index (χ1) is 6.73. The Labute approximate surface area is 98.7 Å². The van der Waals surface area contributed by atoms with Gasteiger partial charge in [0.25, 0.3) is 6.43 Å². The summed E-state index contributed by atoms with van der Waals surface area (Å²) in [5, 5.41) is 0. The zero-order valence-electron chi connectivity index (χ0n) is 6.88. The number of alkyl halides is 5. The second kappa shape index (κ2) is 4.37. The number of hydrogen-bond donors (Lipinski definition) is 0. The van der Waals surface area contributed by atoms with Crippen molar-refractivity contribution in [3.05, 3.63) is 32.2 Å². The van der Waals surface area contributed by atoms with Crippen LogP contribution in [0.3, 0.4) is 0 Å². The SMILES string of the molecule is FC(F)c1cc(Br)c(Br)cc1C(F)(F)F. The Bertz CT molecular complexity index is 372. The van der Waals surface area contributed by atoms with Crippen LogP contribution in [0.5, 0.6) is 0 Å². The van der Waals surface area contributed by atoms with Crippen LogP contribution in [-0.2, 0) is 6.18 Å². The molecule has 0 aliphatic heterocycles. The second-order valence-electron chi connectivity index (χ2n) is 2.65. The van der Waals surface area contributed by atoms with Gasteiger partial charge < -0.3 is 0 Å². The molecule has 0 aromatic heterocycles. The van der Waals surface area contributed by atoms with E-state index in [1.165, 1.54) is 0 Å². The monoisotopic (exact) mass is 352 g/mol. The Morgan fingerprint density at radius 3 is 1.87 bits per heavy atom. The molecule has 0 saturated heterocycles. The highest BCUT2D eigenvalue weighted by atomic mass is 79.9. The van der Waals surface area contributed by atoms with E-state index in [0.717, 1.165) is 6.07 Å².